The average Bonchev–Trinajstić information content (AvgIpc) is 2.55. The average molecular weight is 234 g/mol. The molecule has 0 saturated carbocycles. The maximum Gasteiger partial charge on any atom is 0.413 e. The van der Waals surface area contributed by atoms with E-state index in [1.807, 2.05) is 0 Å². The molecule has 0 spiro atoms. The molecule has 6 nitrogen and oxygen atoms in total. The molecule has 0 aliphatic rings. The number of nitrogens with zero attached hydrogens (tertiary/aromatic N) is 3. The van der Waals surface area contributed by atoms with Crippen molar-refractivity contribution in [3.63, 3.8) is 0 Å². The van der Waals surface area contributed by atoms with E-state index >= 15 is 0 Å². The van der Waals surface area contributed by atoms with Crippen molar-refractivity contribution in [1.29, 1.82) is 0 Å². The lowest BCUT2D eigenvalue weighted by Crippen LogP contribution is -2.27. The molecule has 1 N–H and O–H groups in total. The lowest BCUT2D eigenvalue weighted by Gasteiger charge is -2.18. The third-order valence-electron chi connectivity index (χ3n) is 1.87. The predicted octanol–water partition coefficient (Wildman–Crippen LogP) is 2.08. The van der Waals surface area contributed by atoms with Gasteiger partial charge in [-0.1, -0.05) is 0 Å². The van der Waals surface area contributed by atoms with E-state index < -0.39 is 11.7 Å². The third-order valence-corrected chi connectivity index (χ3v) is 1.87. The van der Waals surface area contributed by atoms with Gasteiger partial charge in [-0.3, -0.25) is 5.32 Å². The molecule has 0 aliphatic heterocycles. The zero-order valence-electron chi connectivity index (χ0n) is 9.97. The van der Waals surface area contributed by atoms with Gasteiger partial charge in [0.05, 0.1) is 0 Å². The Balaban J connectivity index is 2.11. The van der Waals surface area contributed by atoms with Gasteiger partial charge >= 0.3 is 6.09 Å². The van der Waals surface area contributed by atoms with Crippen LogP contribution in [-0.2, 0) is 4.74 Å². The van der Waals surface area contributed by atoms with Crippen molar-refractivity contribution in [3.05, 3.63) is 24.5 Å². The number of carbonyl (C=O) groups excluding carboxylic acids is 1. The summed E-state index contributed by atoms with van der Waals surface area (Å²) in [5.41, 5.74) is 0.139. The second-order valence-electron chi connectivity index (χ2n) is 4.58. The van der Waals surface area contributed by atoms with Crippen LogP contribution in [0.5, 0.6) is 0 Å². The Bertz CT molecular complexity index is 509. The predicted molar refractivity (Wildman–Crippen MR) is 62.8 cm³/mol. The molecule has 2 heterocycles. The number of amides is 1. The Kier molecular flexibility index (Phi) is 2.71. The van der Waals surface area contributed by atoms with Gasteiger partial charge in [-0.25, -0.2) is 14.3 Å². The van der Waals surface area contributed by atoms with E-state index in [0.717, 1.165) is 0 Å². The number of ether oxygens (including phenoxy) is 1. The molecular weight excluding hydrogens is 220 g/mol. The molecule has 0 aromatic carbocycles. The van der Waals surface area contributed by atoms with Gasteiger partial charge in [0, 0.05) is 18.5 Å². The first kappa shape index (κ1) is 11.4. The van der Waals surface area contributed by atoms with E-state index in [0.29, 0.717) is 11.5 Å². The van der Waals surface area contributed by atoms with Gasteiger partial charge in [0.25, 0.3) is 0 Å². The van der Waals surface area contributed by atoms with E-state index in [-0.39, 0.29) is 0 Å². The van der Waals surface area contributed by atoms with E-state index in [1.165, 1.54) is 0 Å². The topological polar surface area (TPSA) is 68.5 Å². The van der Waals surface area contributed by atoms with Crippen molar-refractivity contribution in [3.8, 4) is 0 Å². The Hall–Kier alpha value is -2.11. The van der Waals surface area contributed by atoms with Crippen LogP contribution in [0.25, 0.3) is 5.65 Å². The minimum Gasteiger partial charge on any atom is -0.444 e. The highest BCUT2D eigenvalue weighted by Gasteiger charge is 2.17. The van der Waals surface area contributed by atoms with Gasteiger partial charge in [0.15, 0.2) is 11.5 Å². The minimum atomic E-state index is -0.527. The number of hydrogen-bond acceptors (Lipinski definition) is 4. The van der Waals surface area contributed by atoms with Gasteiger partial charge in [-0.15, -0.1) is 5.10 Å². The number of nitrogens with one attached hydrogen (secondary N) is 1. The Morgan fingerprint density at radius 1 is 1.47 bits per heavy atom. The van der Waals surface area contributed by atoms with Crippen molar-refractivity contribution in [2.24, 2.45) is 0 Å². The standard InChI is InChI=1S/C11H14N4O2/c1-11(2,3)17-10(16)13-8-7-9-12-5-4-6-15(9)14-8/h4-7H,1-3H3,(H,13,14,16). The molecule has 0 unspecified atom stereocenters. The van der Waals surface area contributed by atoms with Crippen molar-refractivity contribution in [1.82, 2.24) is 14.6 Å². The van der Waals surface area contributed by atoms with Crippen molar-refractivity contribution in [2.75, 3.05) is 5.32 Å². The monoisotopic (exact) mass is 234 g/mol. The number of fused-ring (bicyclic) bond motifs is 1. The first-order valence-electron chi connectivity index (χ1n) is 5.24. The molecule has 0 fully saturated rings. The summed E-state index contributed by atoms with van der Waals surface area (Å²) in [5.74, 6) is 0.415. The van der Waals surface area contributed by atoms with Crippen LogP contribution in [0.3, 0.4) is 0 Å². The molecule has 2 aromatic rings. The van der Waals surface area contributed by atoms with Crippen molar-refractivity contribution in [2.45, 2.75) is 26.4 Å². The van der Waals surface area contributed by atoms with Gasteiger partial charge < -0.3 is 4.74 Å². The summed E-state index contributed by atoms with van der Waals surface area (Å²) in [7, 11) is 0. The first-order valence-corrected chi connectivity index (χ1v) is 5.24. The number of aromatic nitrogens is 3. The van der Waals surface area contributed by atoms with E-state index in [9.17, 15) is 4.79 Å². The second-order valence-corrected chi connectivity index (χ2v) is 4.58. The lowest BCUT2D eigenvalue weighted by molar-refractivity contribution is 0.0635. The number of anilines is 1. The SMILES string of the molecule is CC(C)(C)OC(=O)Nc1cc2ncccn2n1. The van der Waals surface area contributed by atoms with Gasteiger partial charge in [0.2, 0.25) is 0 Å². The Labute approximate surface area is 98.6 Å². The Morgan fingerprint density at radius 2 is 2.24 bits per heavy atom. The molecule has 0 bridgehead atoms. The van der Waals surface area contributed by atoms with E-state index in [1.54, 1.807) is 49.8 Å². The minimum absolute atomic E-state index is 0.415. The molecule has 90 valence electrons. The zero-order chi connectivity index (χ0) is 12.5. The molecule has 0 saturated heterocycles. The molecule has 17 heavy (non-hydrogen) atoms. The fourth-order valence-corrected chi connectivity index (χ4v) is 1.30. The number of carbonyl (C=O) groups is 1. The zero-order valence-corrected chi connectivity index (χ0v) is 9.97. The van der Waals surface area contributed by atoms with Crippen LogP contribution in [0.1, 0.15) is 20.8 Å². The van der Waals surface area contributed by atoms with Crippen LogP contribution in [0.2, 0.25) is 0 Å². The van der Waals surface area contributed by atoms with Crippen molar-refractivity contribution >= 4 is 17.6 Å². The van der Waals surface area contributed by atoms with Gasteiger partial charge in [-0.2, -0.15) is 0 Å². The lowest BCUT2D eigenvalue weighted by atomic mass is 10.2. The molecule has 2 rings (SSSR count). The molecule has 0 atom stereocenters. The summed E-state index contributed by atoms with van der Waals surface area (Å²) in [6.07, 6.45) is 2.89. The number of rotatable bonds is 1. The fourth-order valence-electron chi connectivity index (χ4n) is 1.30. The highest BCUT2D eigenvalue weighted by Crippen LogP contribution is 2.11. The highest BCUT2D eigenvalue weighted by molar-refractivity contribution is 5.84. The highest BCUT2D eigenvalue weighted by atomic mass is 16.6. The molecular formula is C11H14N4O2. The van der Waals surface area contributed by atoms with Crippen LogP contribution >= 0.6 is 0 Å². The maximum atomic E-state index is 11.5. The van der Waals surface area contributed by atoms with E-state index in [2.05, 4.69) is 15.4 Å². The smallest absolute Gasteiger partial charge is 0.413 e. The summed E-state index contributed by atoms with van der Waals surface area (Å²) >= 11 is 0. The van der Waals surface area contributed by atoms with Gasteiger partial charge in [0.1, 0.15) is 5.60 Å². The van der Waals surface area contributed by atoms with Crippen LogP contribution in [0, 0.1) is 0 Å². The summed E-state index contributed by atoms with van der Waals surface area (Å²) in [5, 5.41) is 6.68. The maximum absolute atomic E-state index is 11.5. The molecule has 2 aromatic heterocycles. The first-order chi connectivity index (χ1) is 7.94. The summed E-state index contributed by atoms with van der Waals surface area (Å²) in [6, 6.07) is 3.43. The van der Waals surface area contributed by atoms with Crippen LogP contribution in [0.4, 0.5) is 10.6 Å². The summed E-state index contributed by atoms with van der Waals surface area (Å²) < 4.78 is 6.69. The molecule has 0 aliphatic carbocycles. The van der Waals surface area contributed by atoms with Crippen molar-refractivity contribution < 1.29 is 9.53 Å². The quantitative estimate of drug-likeness (QED) is 0.820. The summed E-state index contributed by atoms with van der Waals surface area (Å²) in [4.78, 5) is 15.6. The van der Waals surface area contributed by atoms with Gasteiger partial charge in [-0.05, 0) is 26.8 Å². The van der Waals surface area contributed by atoms with Crippen LogP contribution in [-0.4, -0.2) is 26.3 Å². The van der Waals surface area contributed by atoms with E-state index in [4.69, 9.17) is 4.74 Å². The molecule has 0 radical (unpaired) electrons. The van der Waals surface area contributed by atoms with Crippen LogP contribution in [0.15, 0.2) is 24.5 Å². The number of hydrogen-bond donors (Lipinski definition) is 1. The third kappa shape index (κ3) is 2.93. The normalized spacial score (nSPS) is 11.5. The molecule has 1 amide bonds. The fraction of sp³-hybridized carbons (Fsp3) is 0.364. The summed E-state index contributed by atoms with van der Waals surface area (Å²) in [6.45, 7) is 5.41. The second kappa shape index (κ2) is 4.04. The largest absolute Gasteiger partial charge is 0.444 e. The van der Waals surface area contributed by atoms with Crippen LogP contribution < -0.4 is 5.32 Å². The molecule has 6 heteroatoms. The Morgan fingerprint density at radius 3 is 2.88 bits per heavy atom.